The lowest BCUT2D eigenvalue weighted by atomic mass is 9.93. The molecule has 1 unspecified atom stereocenters. The Morgan fingerprint density at radius 1 is 1.17 bits per heavy atom. The van der Waals surface area contributed by atoms with Crippen LogP contribution < -0.4 is 5.32 Å². The van der Waals surface area contributed by atoms with Crippen LogP contribution in [0.1, 0.15) is 45.1 Å². The fraction of sp³-hybridized carbons (Fsp3) is 0.500. The first-order valence-corrected chi connectivity index (χ1v) is 6.92. The van der Waals surface area contributed by atoms with Crippen LogP contribution in [0.15, 0.2) is 28.7 Å². The van der Waals surface area contributed by atoms with E-state index in [-0.39, 0.29) is 0 Å². The second kappa shape index (κ2) is 5.57. The Balaban J connectivity index is 2.58. The van der Waals surface area contributed by atoms with E-state index in [1.165, 1.54) is 10.9 Å². The van der Waals surface area contributed by atoms with Gasteiger partial charge in [0.25, 0.3) is 0 Å². The Kier molecular flexibility index (Phi) is 4.07. The molecule has 1 N–H and O–H groups in total. The zero-order valence-corrected chi connectivity index (χ0v) is 11.8. The maximum Gasteiger partial charge on any atom is 0.134 e. The van der Waals surface area contributed by atoms with Gasteiger partial charge in [-0.25, -0.2) is 0 Å². The van der Waals surface area contributed by atoms with Crippen molar-refractivity contribution in [3.05, 3.63) is 35.6 Å². The van der Waals surface area contributed by atoms with Gasteiger partial charge < -0.3 is 9.73 Å². The third-order valence-electron chi connectivity index (χ3n) is 3.43. The van der Waals surface area contributed by atoms with Crippen molar-refractivity contribution in [3.63, 3.8) is 0 Å². The third-order valence-corrected chi connectivity index (χ3v) is 3.43. The minimum Gasteiger partial charge on any atom is -0.461 e. The molecule has 98 valence electrons. The van der Waals surface area contributed by atoms with Crippen molar-refractivity contribution in [1.82, 2.24) is 5.32 Å². The predicted octanol–water partition coefficient (Wildman–Crippen LogP) is 4.30. The smallest absolute Gasteiger partial charge is 0.134 e. The number of rotatable bonds is 5. The maximum atomic E-state index is 5.99. The van der Waals surface area contributed by atoms with Crippen molar-refractivity contribution in [3.8, 4) is 0 Å². The molecule has 1 heterocycles. The Morgan fingerprint density at radius 2 is 1.89 bits per heavy atom. The monoisotopic (exact) mass is 245 g/mol. The Morgan fingerprint density at radius 3 is 2.50 bits per heavy atom. The minimum atomic E-state index is 0.369. The van der Waals surface area contributed by atoms with Gasteiger partial charge in [-0.1, -0.05) is 45.9 Å². The number of aryl methyl sites for hydroxylation is 1. The molecular formula is C16H23NO. The molecule has 2 nitrogen and oxygen atoms in total. The number of hydrogen-bond acceptors (Lipinski definition) is 2. The lowest BCUT2D eigenvalue weighted by Gasteiger charge is -2.22. The fourth-order valence-corrected chi connectivity index (χ4v) is 2.61. The highest BCUT2D eigenvalue weighted by molar-refractivity contribution is 5.82. The standard InChI is InChI=1S/C16H23NO/c1-5-13-15(16(11(3)4)17-6-2)12-9-7-8-10-14(12)18-13/h7-11,16-17H,5-6H2,1-4H3. The fourth-order valence-electron chi connectivity index (χ4n) is 2.61. The van der Waals surface area contributed by atoms with Crippen LogP contribution in [0.4, 0.5) is 0 Å². The van der Waals surface area contributed by atoms with Gasteiger partial charge in [-0.15, -0.1) is 0 Å². The third kappa shape index (κ3) is 2.30. The SMILES string of the molecule is CCNC(c1c(CC)oc2ccccc12)C(C)C. The molecule has 0 saturated carbocycles. The Hall–Kier alpha value is -1.28. The zero-order valence-electron chi connectivity index (χ0n) is 11.8. The number of para-hydroxylation sites is 1. The van der Waals surface area contributed by atoms with Gasteiger partial charge >= 0.3 is 0 Å². The van der Waals surface area contributed by atoms with Crippen LogP contribution in [0.5, 0.6) is 0 Å². The molecule has 1 aromatic heterocycles. The molecule has 0 fully saturated rings. The lowest BCUT2D eigenvalue weighted by molar-refractivity contribution is 0.412. The van der Waals surface area contributed by atoms with Crippen LogP contribution in [0, 0.1) is 5.92 Å². The van der Waals surface area contributed by atoms with Crippen LogP contribution in [0.25, 0.3) is 11.0 Å². The molecular weight excluding hydrogens is 222 g/mol. The molecule has 0 bridgehead atoms. The highest BCUT2D eigenvalue weighted by Crippen LogP contribution is 2.34. The van der Waals surface area contributed by atoms with Crippen molar-refractivity contribution >= 4 is 11.0 Å². The maximum absolute atomic E-state index is 5.99. The summed E-state index contributed by atoms with van der Waals surface area (Å²) in [6.07, 6.45) is 0.943. The van der Waals surface area contributed by atoms with E-state index in [0.717, 1.165) is 24.3 Å². The normalized spacial score (nSPS) is 13.4. The molecule has 1 aromatic carbocycles. The van der Waals surface area contributed by atoms with E-state index >= 15 is 0 Å². The first-order chi connectivity index (χ1) is 8.69. The predicted molar refractivity (Wildman–Crippen MR) is 76.8 cm³/mol. The van der Waals surface area contributed by atoms with Crippen molar-refractivity contribution in [1.29, 1.82) is 0 Å². The highest BCUT2D eigenvalue weighted by Gasteiger charge is 2.23. The summed E-state index contributed by atoms with van der Waals surface area (Å²) in [6.45, 7) is 9.81. The Bertz CT molecular complexity index is 513. The summed E-state index contributed by atoms with van der Waals surface area (Å²) >= 11 is 0. The summed E-state index contributed by atoms with van der Waals surface area (Å²) in [5.74, 6) is 1.67. The van der Waals surface area contributed by atoms with E-state index in [0.29, 0.717) is 12.0 Å². The zero-order chi connectivity index (χ0) is 13.1. The molecule has 0 saturated heterocycles. The summed E-state index contributed by atoms with van der Waals surface area (Å²) in [7, 11) is 0. The van der Waals surface area contributed by atoms with Gasteiger partial charge in [-0.05, 0) is 18.5 Å². The van der Waals surface area contributed by atoms with Gasteiger partial charge in [0.05, 0.1) is 0 Å². The van der Waals surface area contributed by atoms with E-state index < -0.39 is 0 Å². The molecule has 18 heavy (non-hydrogen) atoms. The molecule has 0 aliphatic heterocycles. The first kappa shape index (κ1) is 13.2. The number of furan rings is 1. The summed E-state index contributed by atoms with van der Waals surface area (Å²) in [6, 6.07) is 8.71. The number of fused-ring (bicyclic) bond motifs is 1. The highest BCUT2D eigenvalue weighted by atomic mass is 16.3. The molecule has 0 amide bonds. The number of nitrogens with one attached hydrogen (secondary N) is 1. The van der Waals surface area contributed by atoms with Crippen molar-refractivity contribution in [2.45, 2.75) is 40.2 Å². The summed E-state index contributed by atoms with van der Waals surface area (Å²) in [5.41, 5.74) is 2.36. The van der Waals surface area contributed by atoms with Crippen LogP contribution in [-0.4, -0.2) is 6.54 Å². The van der Waals surface area contributed by atoms with E-state index in [4.69, 9.17) is 4.42 Å². The van der Waals surface area contributed by atoms with Crippen LogP contribution in [0.3, 0.4) is 0 Å². The van der Waals surface area contributed by atoms with E-state index in [9.17, 15) is 0 Å². The number of hydrogen-bond donors (Lipinski definition) is 1. The largest absolute Gasteiger partial charge is 0.461 e. The number of benzene rings is 1. The van der Waals surface area contributed by atoms with Crippen LogP contribution in [0.2, 0.25) is 0 Å². The van der Waals surface area contributed by atoms with Gasteiger partial charge in [0.2, 0.25) is 0 Å². The molecule has 0 aliphatic rings. The molecule has 2 rings (SSSR count). The van der Waals surface area contributed by atoms with Gasteiger partial charge in [-0.2, -0.15) is 0 Å². The Labute approximate surface area is 109 Å². The second-order valence-corrected chi connectivity index (χ2v) is 5.07. The van der Waals surface area contributed by atoms with E-state index in [1.807, 2.05) is 6.07 Å². The van der Waals surface area contributed by atoms with Gasteiger partial charge in [0, 0.05) is 23.4 Å². The van der Waals surface area contributed by atoms with Crippen molar-refractivity contribution < 1.29 is 4.42 Å². The van der Waals surface area contributed by atoms with Crippen LogP contribution >= 0.6 is 0 Å². The molecule has 0 spiro atoms. The quantitative estimate of drug-likeness (QED) is 0.849. The molecule has 2 heteroatoms. The second-order valence-electron chi connectivity index (χ2n) is 5.07. The van der Waals surface area contributed by atoms with E-state index in [2.05, 4.69) is 51.2 Å². The molecule has 1 atom stereocenters. The molecule has 0 radical (unpaired) electrons. The van der Waals surface area contributed by atoms with Crippen molar-refractivity contribution in [2.75, 3.05) is 6.54 Å². The van der Waals surface area contributed by atoms with Crippen molar-refractivity contribution in [2.24, 2.45) is 5.92 Å². The average Bonchev–Trinajstić information content (AvgIpc) is 2.74. The molecule has 2 aromatic rings. The van der Waals surface area contributed by atoms with Gasteiger partial charge in [-0.3, -0.25) is 0 Å². The minimum absolute atomic E-state index is 0.369. The summed E-state index contributed by atoms with van der Waals surface area (Å²) in [5, 5.41) is 4.85. The first-order valence-electron chi connectivity index (χ1n) is 6.92. The van der Waals surface area contributed by atoms with Gasteiger partial charge in [0.15, 0.2) is 0 Å². The summed E-state index contributed by atoms with van der Waals surface area (Å²) in [4.78, 5) is 0. The lowest BCUT2D eigenvalue weighted by Crippen LogP contribution is -2.26. The average molecular weight is 245 g/mol. The van der Waals surface area contributed by atoms with Crippen LogP contribution in [-0.2, 0) is 6.42 Å². The van der Waals surface area contributed by atoms with E-state index in [1.54, 1.807) is 0 Å². The topological polar surface area (TPSA) is 25.2 Å². The summed E-state index contributed by atoms with van der Waals surface area (Å²) < 4.78 is 5.99. The molecule has 0 aliphatic carbocycles. The van der Waals surface area contributed by atoms with Gasteiger partial charge in [0.1, 0.15) is 11.3 Å².